The predicted octanol–water partition coefficient (Wildman–Crippen LogP) is 0.981. The molecule has 7 heteroatoms. The quantitative estimate of drug-likeness (QED) is 0.841. The minimum Gasteiger partial charge on any atom is -0.495 e. The summed E-state index contributed by atoms with van der Waals surface area (Å²) in [7, 11) is -2.56. The van der Waals surface area contributed by atoms with Crippen molar-refractivity contribution in [3.05, 3.63) is 24.3 Å². The monoisotopic (exact) mass is 285 g/mol. The smallest absolute Gasteiger partial charge is 0.324 e. The van der Waals surface area contributed by atoms with Crippen LogP contribution in [0.1, 0.15) is 19.3 Å². The molecule has 0 amide bonds. The van der Waals surface area contributed by atoms with Crippen molar-refractivity contribution in [3.8, 4) is 5.75 Å². The van der Waals surface area contributed by atoms with Gasteiger partial charge in [0.2, 0.25) is 10.0 Å². The molecule has 2 N–H and O–H groups in total. The standard InChI is InChI=1S/C12H15NO5S/c1-18-9-5-2-3-6-10(9)19(16,17)13-12(11(14)15)7-4-8-12/h2-3,5-6,13H,4,7-8H2,1H3,(H,14,15). The van der Waals surface area contributed by atoms with Gasteiger partial charge in [0, 0.05) is 0 Å². The van der Waals surface area contributed by atoms with Gasteiger partial charge in [0.25, 0.3) is 0 Å². The minimum atomic E-state index is -3.92. The minimum absolute atomic E-state index is 0.0509. The largest absolute Gasteiger partial charge is 0.495 e. The molecular formula is C12H15NO5S. The van der Waals surface area contributed by atoms with E-state index in [0.717, 1.165) is 0 Å². The first kappa shape index (κ1) is 13.8. The summed E-state index contributed by atoms with van der Waals surface area (Å²) in [5, 5.41) is 9.16. The summed E-state index contributed by atoms with van der Waals surface area (Å²) in [6.45, 7) is 0. The second kappa shape index (κ2) is 4.82. The summed E-state index contributed by atoms with van der Waals surface area (Å²) in [5.41, 5.74) is -1.38. The molecule has 0 spiro atoms. The van der Waals surface area contributed by atoms with Crippen molar-refractivity contribution < 1.29 is 23.1 Å². The molecule has 0 heterocycles. The Kier molecular flexibility index (Phi) is 3.51. The van der Waals surface area contributed by atoms with Crippen molar-refractivity contribution in [3.63, 3.8) is 0 Å². The van der Waals surface area contributed by atoms with Crippen LogP contribution in [-0.4, -0.2) is 32.1 Å². The molecule has 2 rings (SSSR count). The molecule has 19 heavy (non-hydrogen) atoms. The van der Waals surface area contributed by atoms with Gasteiger partial charge in [-0.1, -0.05) is 12.1 Å². The number of carboxylic acid groups (broad SMARTS) is 1. The maximum absolute atomic E-state index is 12.3. The highest BCUT2D eigenvalue weighted by Crippen LogP contribution is 2.34. The van der Waals surface area contributed by atoms with E-state index in [4.69, 9.17) is 9.84 Å². The summed E-state index contributed by atoms with van der Waals surface area (Å²) in [6.07, 6.45) is 1.30. The zero-order valence-corrected chi connectivity index (χ0v) is 11.2. The number of nitrogens with one attached hydrogen (secondary N) is 1. The lowest BCUT2D eigenvalue weighted by atomic mass is 9.78. The number of para-hydroxylation sites is 1. The van der Waals surface area contributed by atoms with Crippen LogP contribution in [0.15, 0.2) is 29.2 Å². The Morgan fingerprint density at radius 1 is 1.37 bits per heavy atom. The lowest BCUT2D eigenvalue weighted by molar-refractivity contribution is -0.147. The Labute approximate surface area is 111 Å². The van der Waals surface area contributed by atoms with Crippen LogP contribution in [0, 0.1) is 0 Å². The maximum Gasteiger partial charge on any atom is 0.324 e. The van der Waals surface area contributed by atoms with Gasteiger partial charge in [-0.05, 0) is 31.4 Å². The predicted molar refractivity (Wildman–Crippen MR) is 67.5 cm³/mol. The van der Waals surface area contributed by atoms with Gasteiger partial charge in [-0.15, -0.1) is 0 Å². The van der Waals surface area contributed by atoms with E-state index in [2.05, 4.69) is 4.72 Å². The van der Waals surface area contributed by atoms with E-state index in [1.165, 1.54) is 19.2 Å². The molecule has 0 saturated heterocycles. The molecular weight excluding hydrogens is 270 g/mol. The van der Waals surface area contributed by atoms with Gasteiger partial charge in [0.1, 0.15) is 16.2 Å². The van der Waals surface area contributed by atoms with Crippen molar-refractivity contribution in [2.75, 3.05) is 7.11 Å². The molecule has 0 aromatic heterocycles. The first-order valence-corrected chi connectivity index (χ1v) is 7.30. The average Bonchev–Trinajstić information content (AvgIpc) is 2.33. The molecule has 0 atom stereocenters. The van der Waals surface area contributed by atoms with Crippen molar-refractivity contribution in [1.29, 1.82) is 0 Å². The Hall–Kier alpha value is -1.60. The third-order valence-electron chi connectivity index (χ3n) is 3.30. The SMILES string of the molecule is COc1ccccc1S(=O)(=O)NC1(C(=O)O)CCC1. The van der Waals surface area contributed by atoms with Crippen LogP contribution >= 0.6 is 0 Å². The third kappa shape index (κ3) is 2.43. The van der Waals surface area contributed by atoms with Crippen LogP contribution in [0.3, 0.4) is 0 Å². The zero-order valence-electron chi connectivity index (χ0n) is 10.4. The molecule has 1 aromatic rings. The number of hydrogen-bond acceptors (Lipinski definition) is 4. The second-order valence-electron chi connectivity index (χ2n) is 4.50. The number of carboxylic acids is 1. The number of rotatable bonds is 5. The van der Waals surface area contributed by atoms with E-state index >= 15 is 0 Å². The number of sulfonamides is 1. The molecule has 6 nitrogen and oxygen atoms in total. The van der Waals surface area contributed by atoms with Crippen molar-refractivity contribution >= 4 is 16.0 Å². The highest BCUT2D eigenvalue weighted by atomic mass is 32.2. The molecule has 0 aliphatic heterocycles. The molecule has 1 aromatic carbocycles. The van der Waals surface area contributed by atoms with Crippen molar-refractivity contribution in [2.45, 2.75) is 29.7 Å². The molecule has 0 radical (unpaired) electrons. The van der Waals surface area contributed by atoms with Crippen LogP contribution in [0.4, 0.5) is 0 Å². The van der Waals surface area contributed by atoms with E-state index in [-0.39, 0.29) is 10.6 Å². The van der Waals surface area contributed by atoms with Gasteiger partial charge >= 0.3 is 5.97 Å². The summed E-state index contributed by atoms with van der Waals surface area (Å²) in [4.78, 5) is 11.2. The zero-order chi connectivity index (χ0) is 14.1. The maximum atomic E-state index is 12.3. The fourth-order valence-corrected chi connectivity index (χ4v) is 3.63. The van der Waals surface area contributed by atoms with Crippen LogP contribution in [0.2, 0.25) is 0 Å². The summed E-state index contributed by atoms with van der Waals surface area (Å²) in [5.74, 6) is -0.952. The molecule has 104 valence electrons. The number of carbonyl (C=O) groups is 1. The Balaban J connectivity index is 2.35. The summed E-state index contributed by atoms with van der Waals surface area (Å²) in [6, 6.07) is 6.11. The normalized spacial score (nSPS) is 17.5. The Morgan fingerprint density at radius 2 is 2.00 bits per heavy atom. The molecule has 1 aliphatic carbocycles. The van der Waals surface area contributed by atoms with Crippen LogP contribution in [-0.2, 0) is 14.8 Å². The number of benzene rings is 1. The van der Waals surface area contributed by atoms with Crippen LogP contribution in [0.5, 0.6) is 5.75 Å². The van der Waals surface area contributed by atoms with Gasteiger partial charge < -0.3 is 9.84 Å². The average molecular weight is 285 g/mol. The van der Waals surface area contributed by atoms with E-state index in [0.29, 0.717) is 19.3 Å². The van der Waals surface area contributed by atoms with E-state index in [9.17, 15) is 13.2 Å². The van der Waals surface area contributed by atoms with E-state index < -0.39 is 21.5 Å². The third-order valence-corrected chi connectivity index (χ3v) is 4.88. The molecule has 1 saturated carbocycles. The Morgan fingerprint density at radius 3 is 2.47 bits per heavy atom. The lowest BCUT2D eigenvalue weighted by Gasteiger charge is -2.37. The first-order chi connectivity index (χ1) is 8.91. The Bertz CT molecular complexity index is 592. The molecule has 1 fully saturated rings. The molecule has 0 bridgehead atoms. The topological polar surface area (TPSA) is 92.7 Å². The van der Waals surface area contributed by atoms with Gasteiger partial charge in [0.05, 0.1) is 7.11 Å². The highest BCUT2D eigenvalue weighted by Gasteiger charge is 2.47. The van der Waals surface area contributed by atoms with E-state index in [1.54, 1.807) is 12.1 Å². The van der Waals surface area contributed by atoms with Gasteiger partial charge in [-0.25, -0.2) is 8.42 Å². The van der Waals surface area contributed by atoms with Gasteiger partial charge in [0.15, 0.2) is 0 Å². The lowest BCUT2D eigenvalue weighted by Crippen LogP contribution is -2.58. The van der Waals surface area contributed by atoms with Gasteiger partial charge in [-0.2, -0.15) is 4.72 Å². The second-order valence-corrected chi connectivity index (χ2v) is 6.15. The fourth-order valence-electron chi connectivity index (χ4n) is 2.04. The molecule has 0 unspecified atom stereocenters. The number of ether oxygens (including phenoxy) is 1. The molecule has 1 aliphatic rings. The van der Waals surface area contributed by atoms with Gasteiger partial charge in [-0.3, -0.25) is 4.79 Å². The van der Waals surface area contributed by atoms with Crippen LogP contribution in [0.25, 0.3) is 0 Å². The number of hydrogen-bond donors (Lipinski definition) is 2. The highest BCUT2D eigenvalue weighted by molar-refractivity contribution is 7.89. The number of methoxy groups -OCH3 is 1. The first-order valence-electron chi connectivity index (χ1n) is 5.82. The fraction of sp³-hybridized carbons (Fsp3) is 0.417. The van der Waals surface area contributed by atoms with E-state index in [1.807, 2.05) is 0 Å². The van der Waals surface area contributed by atoms with Crippen LogP contribution < -0.4 is 9.46 Å². The van der Waals surface area contributed by atoms with Crippen molar-refractivity contribution in [1.82, 2.24) is 4.72 Å². The summed E-state index contributed by atoms with van der Waals surface area (Å²) < 4.78 is 31.8. The van der Waals surface area contributed by atoms with Crippen molar-refractivity contribution in [2.24, 2.45) is 0 Å². The summed E-state index contributed by atoms with van der Waals surface area (Å²) >= 11 is 0. The number of aliphatic carboxylic acids is 1.